The lowest BCUT2D eigenvalue weighted by Gasteiger charge is -2.35. The van der Waals surface area contributed by atoms with Crippen LogP contribution in [0.25, 0.3) is 0 Å². The molecular weight excluding hydrogens is 444 g/mol. The molecule has 0 spiro atoms. The Kier molecular flexibility index (Phi) is 8.59. The molecule has 0 aliphatic carbocycles. The van der Waals surface area contributed by atoms with Crippen molar-refractivity contribution in [2.45, 2.75) is 12.6 Å². The SMILES string of the molecule is COc1cc(C(=O)NCC(c2ccccc2)N2CCOCC2)cc(OC)c1OCc1ccccc1. The summed E-state index contributed by atoms with van der Waals surface area (Å²) in [5, 5.41) is 3.10. The van der Waals surface area contributed by atoms with Crippen LogP contribution in [0.3, 0.4) is 0 Å². The molecule has 1 amide bonds. The summed E-state index contributed by atoms with van der Waals surface area (Å²) in [7, 11) is 3.10. The quantitative estimate of drug-likeness (QED) is 0.476. The van der Waals surface area contributed by atoms with Crippen molar-refractivity contribution in [1.82, 2.24) is 10.2 Å². The molecule has 0 radical (unpaired) electrons. The van der Waals surface area contributed by atoms with Crippen LogP contribution in [0.2, 0.25) is 0 Å². The molecule has 1 unspecified atom stereocenters. The second-order valence-corrected chi connectivity index (χ2v) is 8.27. The lowest BCUT2D eigenvalue weighted by atomic mass is 10.0. The first-order valence-electron chi connectivity index (χ1n) is 11.8. The van der Waals surface area contributed by atoms with E-state index in [1.165, 1.54) is 0 Å². The van der Waals surface area contributed by atoms with Crippen LogP contribution < -0.4 is 19.5 Å². The van der Waals surface area contributed by atoms with Crippen molar-refractivity contribution >= 4 is 5.91 Å². The molecule has 0 bridgehead atoms. The van der Waals surface area contributed by atoms with E-state index in [1.807, 2.05) is 48.5 Å². The minimum atomic E-state index is -0.203. The van der Waals surface area contributed by atoms with E-state index in [2.05, 4.69) is 22.3 Å². The second kappa shape index (κ2) is 12.2. The maximum absolute atomic E-state index is 13.2. The van der Waals surface area contributed by atoms with Gasteiger partial charge >= 0.3 is 0 Å². The van der Waals surface area contributed by atoms with Gasteiger partial charge in [-0.2, -0.15) is 0 Å². The molecule has 1 N–H and O–H groups in total. The molecule has 3 aromatic carbocycles. The Morgan fingerprint density at radius 1 is 0.943 bits per heavy atom. The van der Waals surface area contributed by atoms with E-state index in [0.29, 0.717) is 49.2 Å². The molecule has 0 saturated carbocycles. The van der Waals surface area contributed by atoms with E-state index in [9.17, 15) is 4.79 Å². The summed E-state index contributed by atoms with van der Waals surface area (Å²) in [4.78, 5) is 15.5. The first-order valence-corrected chi connectivity index (χ1v) is 11.8. The fourth-order valence-corrected chi connectivity index (χ4v) is 4.20. The van der Waals surface area contributed by atoms with E-state index >= 15 is 0 Å². The van der Waals surface area contributed by atoms with Crippen LogP contribution in [-0.4, -0.2) is 57.9 Å². The molecule has 1 aliphatic heterocycles. The number of methoxy groups -OCH3 is 2. The summed E-state index contributed by atoms with van der Waals surface area (Å²) in [5.74, 6) is 1.15. The minimum Gasteiger partial charge on any atom is -0.493 e. The summed E-state index contributed by atoms with van der Waals surface area (Å²) in [5.41, 5.74) is 2.63. The summed E-state index contributed by atoms with van der Waals surface area (Å²) < 4.78 is 22.6. The van der Waals surface area contributed by atoms with Crippen LogP contribution in [0.1, 0.15) is 27.5 Å². The van der Waals surface area contributed by atoms with Crippen molar-refractivity contribution in [3.05, 3.63) is 89.5 Å². The van der Waals surface area contributed by atoms with E-state index in [-0.39, 0.29) is 11.9 Å². The van der Waals surface area contributed by atoms with Gasteiger partial charge in [0.15, 0.2) is 11.5 Å². The zero-order chi connectivity index (χ0) is 24.5. The average Bonchev–Trinajstić information content (AvgIpc) is 2.93. The van der Waals surface area contributed by atoms with Crippen LogP contribution in [0.15, 0.2) is 72.8 Å². The zero-order valence-electron chi connectivity index (χ0n) is 20.2. The van der Waals surface area contributed by atoms with Gasteiger partial charge in [-0.15, -0.1) is 0 Å². The van der Waals surface area contributed by atoms with Crippen LogP contribution in [-0.2, 0) is 11.3 Å². The highest BCUT2D eigenvalue weighted by molar-refractivity contribution is 5.95. The number of nitrogens with one attached hydrogen (secondary N) is 1. The average molecular weight is 477 g/mol. The van der Waals surface area contributed by atoms with Crippen LogP contribution in [0.4, 0.5) is 0 Å². The van der Waals surface area contributed by atoms with Gasteiger partial charge in [0.2, 0.25) is 5.75 Å². The van der Waals surface area contributed by atoms with Crippen molar-refractivity contribution in [2.24, 2.45) is 0 Å². The van der Waals surface area contributed by atoms with E-state index in [0.717, 1.165) is 24.2 Å². The predicted octanol–water partition coefficient (Wildman–Crippen LogP) is 4.09. The highest BCUT2D eigenvalue weighted by atomic mass is 16.5. The molecule has 7 nitrogen and oxygen atoms in total. The molecule has 35 heavy (non-hydrogen) atoms. The Morgan fingerprint density at radius 2 is 1.54 bits per heavy atom. The highest BCUT2D eigenvalue weighted by Gasteiger charge is 2.24. The molecule has 7 heteroatoms. The van der Waals surface area contributed by atoms with E-state index in [1.54, 1.807) is 26.4 Å². The predicted molar refractivity (Wildman–Crippen MR) is 134 cm³/mol. The zero-order valence-corrected chi connectivity index (χ0v) is 20.2. The van der Waals surface area contributed by atoms with Crippen molar-refractivity contribution < 1.29 is 23.7 Å². The van der Waals surface area contributed by atoms with E-state index in [4.69, 9.17) is 18.9 Å². The largest absolute Gasteiger partial charge is 0.493 e. The Labute approximate surface area is 206 Å². The van der Waals surface area contributed by atoms with Crippen molar-refractivity contribution in [2.75, 3.05) is 47.1 Å². The number of hydrogen-bond acceptors (Lipinski definition) is 6. The smallest absolute Gasteiger partial charge is 0.251 e. The number of rotatable bonds is 10. The van der Waals surface area contributed by atoms with Gasteiger partial charge in [-0.1, -0.05) is 60.7 Å². The number of carbonyl (C=O) groups excluding carboxylic acids is 1. The van der Waals surface area contributed by atoms with Gasteiger partial charge in [0.25, 0.3) is 5.91 Å². The van der Waals surface area contributed by atoms with Gasteiger partial charge in [-0.25, -0.2) is 0 Å². The van der Waals surface area contributed by atoms with Crippen molar-refractivity contribution in [3.8, 4) is 17.2 Å². The van der Waals surface area contributed by atoms with E-state index < -0.39 is 0 Å². The lowest BCUT2D eigenvalue weighted by Crippen LogP contribution is -2.43. The minimum absolute atomic E-state index is 0.0568. The number of morpholine rings is 1. The molecular formula is C28H32N2O5. The molecule has 1 atom stereocenters. The molecule has 1 saturated heterocycles. The van der Waals surface area contributed by atoms with Crippen molar-refractivity contribution in [3.63, 3.8) is 0 Å². The normalized spacial score (nSPS) is 14.7. The van der Waals surface area contributed by atoms with Gasteiger partial charge in [-0.05, 0) is 23.3 Å². The number of amides is 1. The summed E-state index contributed by atoms with van der Waals surface area (Å²) in [6.45, 7) is 3.86. The first-order chi connectivity index (χ1) is 17.2. The van der Waals surface area contributed by atoms with Gasteiger partial charge in [0.1, 0.15) is 6.61 Å². The fourth-order valence-electron chi connectivity index (χ4n) is 4.20. The summed E-state index contributed by atoms with van der Waals surface area (Å²) in [6, 6.07) is 23.5. The molecule has 1 fully saturated rings. The maximum atomic E-state index is 13.2. The number of hydrogen-bond donors (Lipinski definition) is 1. The fraction of sp³-hybridized carbons (Fsp3) is 0.321. The Morgan fingerprint density at radius 3 is 2.14 bits per heavy atom. The first kappa shape index (κ1) is 24.6. The van der Waals surface area contributed by atoms with Crippen LogP contribution >= 0.6 is 0 Å². The third-order valence-electron chi connectivity index (χ3n) is 6.08. The van der Waals surface area contributed by atoms with Crippen molar-refractivity contribution in [1.29, 1.82) is 0 Å². The summed E-state index contributed by atoms with van der Waals surface area (Å²) in [6.07, 6.45) is 0. The molecule has 184 valence electrons. The molecule has 4 rings (SSSR count). The maximum Gasteiger partial charge on any atom is 0.251 e. The third-order valence-corrected chi connectivity index (χ3v) is 6.08. The molecule has 0 aromatic heterocycles. The Hall–Kier alpha value is -3.55. The Bertz CT molecular complexity index is 1060. The number of carbonyl (C=O) groups is 1. The van der Waals surface area contributed by atoms with Gasteiger partial charge < -0.3 is 24.3 Å². The number of ether oxygens (including phenoxy) is 4. The van der Waals surface area contributed by atoms with Crippen LogP contribution in [0, 0.1) is 0 Å². The molecule has 1 aliphatic rings. The van der Waals surface area contributed by atoms with Crippen LogP contribution in [0.5, 0.6) is 17.2 Å². The third kappa shape index (κ3) is 6.32. The van der Waals surface area contributed by atoms with Gasteiger partial charge in [-0.3, -0.25) is 9.69 Å². The molecule has 3 aromatic rings. The summed E-state index contributed by atoms with van der Waals surface area (Å²) >= 11 is 0. The topological polar surface area (TPSA) is 69.3 Å². The standard InChI is InChI=1S/C28H32N2O5/c1-32-25-17-23(18-26(33-2)27(25)35-20-21-9-5-3-6-10-21)28(31)29-19-24(22-11-7-4-8-12-22)30-13-15-34-16-14-30/h3-12,17-18,24H,13-16,19-20H2,1-2H3,(H,29,31). The second-order valence-electron chi connectivity index (χ2n) is 8.27. The lowest BCUT2D eigenvalue weighted by molar-refractivity contribution is 0.0162. The van der Waals surface area contributed by atoms with Gasteiger partial charge in [0.05, 0.1) is 33.5 Å². The molecule has 1 heterocycles. The van der Waals surface area contributed by atoms with Gasteiger partial charge in [0, 0.05) is 25.2 Å². The monoisotopic (exact) mass is 476 g/mol. The number of nitrogens with zero attached hydrogens (tertiary/aromatic N) is 1. The highest BCUT2D eigenvalue weighted by Crippen LogP contribution is 2.39. The number of benzene rings is 3. The Balaban J connectivity index is 1.49.